The molecule has 0 aliphatic rings. The first-order valence-electron chi connectivity index (χ1n) is 5.50. The van der Waals surface area contributed by atoms with Crippen LogP contribution in [0.15, 0.2) is 21.4 Å². The fourth-order valence-corrected chi connectivity index (χ4v) is 1.95. The predicted octanol–water partition coefficient (Wildman–Crippen LogP) is 2.76. The van der Waals surface area contributed by atoms with Crippen LogP contribution >= 0.6 is 15.9 Å². The van der Waals surface area contributed by atoms with E-state index in [1.165, 1.54) is 11.2 Å². The van der Waals surface area contributed by atoms with E-state index in [-0.39, 0.29) is 18.9 Å². The number of furan rings is 1. The minimum atomic E-state index is -0.927. The van der Waals surface area contributed by atoms with Crippen LogP contribution in [-0.2, 0) is 4.79 Å². The fourth-order valence-electron chi connectivity index (χ4n) is 1.54. The molecule has 1 heterocycles. The molecule has 1 rings (SSSR count). The van der Waals surface area contributed by atoms with Gasteiger partial charge < -0.3 is 14.4 Å². The van der Waals surface area contributed by atoms with E-state index in [2.05, 4.69) is 15.9 Å². The highest BCUT2D eigenvalue weighted by atomic mass is 79.9. The van der Waals surface area contributed by atoms with Gasteiger partial charge >= 0.3 is 5.97 Å². The standard InChI is InChI=1S/C12H16BrNO4/c1-12(2,3)14(6-4-9(15)16)11(17)8-5-7-18-10(8)13/h5,7H,4,6H2,1-3H3,(H,15,16). The highest BCUT2D eigenvalue weighted by Crippen LogP contribution is 2.23. The van der Waals surface area contributed by atoms with Crippen LogP contribution in [0.2, 0.25) is 0 Å². The summed E-state index contributed by atoms with van der Waals surface area (Å²) in [5.41, 5.74) is -0.0567. The van der Waals surface area contributed by atoms with E-state index in [1.807, 2.05) is 20.8 Å². The van der Waals surface area contributed by atoms with Crippen molar-refractivity contribution in [3.05, 3.63) is 22.6 Å². The Labute approximate surface area is 114 Å². The molecule has 0 aliphatic carbocycles. The summed E-state index contributed by atoms with van der Waals surface area (Å²) in [6.07, 6.45) is 1.33. The zero-order valence-corrected chi connectivity index (χ0v) is 12.2. The summed E-state index contributed by atoms with van der Waals surface area (Å²) < 4.78 is 5.39. The molecule has 1 N–H and O–H groups in total. The molecular formula is C12H16BrNO4. The molecule has 0 saturated heterocycles. The molecule has 1 aromatic rings. The summed E-state index contributed by atoms with van der Waals surface area (Å²) in [7, 11) is 0. The molecule has 1 amide bonds. The number of carbonyl (C=O) groups is 2. The van der Waals surface area contributed by atoms with Gasteiger partial charge in [-0.05, 0) is 42.8 Å². The van der Waals surface area contributed by atoms with E-state index < -0.39 is 11.5 Å². The molecule has 0 saturated carbocycles. The van der Waals surface area contributed by atoms with Gasteiger partial charge in [0.05, 0.1) is 18.2 Å². The number of carboxylic acid groups (broad SMARTS) is 1. The molecule has 0 radical (unpaired) electrons. The lowest BCUT2D eigenvalue weighted by Crippen LogP contribution is -2.46. The fraction of sp³-hybridized carbons (Fsp3) is 0.500. The second kappa shape index (κ2) is 5.56. The SMILES string of the molecule is CC(C)(C)N(CCC(=O)O)C(=O)c1ccoc1Br. The molecule has 0 atom stereocenters. The van der Waals surface area contributed by atoms with Crippen LogP contribution in [0.25, 0.3) is 0 Å². The van der Waals surface area contributed by atoms with Crippen LogP contribution in [0.1, 0.15) is 37.6 Å². The quantitative estimate of drug-likeness (QED) is 0.926. The Hall–Kier alpha value is -1.30. The van der Waals surface area contributed by atoms with Crippen molar-refractivity contribution in [3.8, 4) is 0 Å². The summed E-state index contributed by atoms with van der Waals surface area (Å²) in [4.78, 5) is 24.5. The Morgan fingerprint density at radius 1 is 1.44 bits per heavy atom. The third kappa shape index (κ3) is 3.60. The van der Waals surface area contributed by atoms with E-state index in [0.717, 1.165) is 0 Å². The largest absolute Gasteiger partial charge is 0.481 e. The van der Waals surface area contributed by atoms with Crippen molar-refractivity contribution in [1.82, 2.24) is 4.90 Å². The van der Waals surface area contributed by atoms with Crippen molar-refractivity contribution in [3.63, 3.8) is 0 Å². The number of rotatable bonds is 4. The third-order valence-electron chi connectivity index (χ3n) is 2.45. The van der Waals surface area contributed by atoms with Gasteiger partial charge in [0, 0.05) is 12.1 Å². The monoisotopic (exact) mass is 317 g/mol. The second-order valence-electron chi connectivity index (χ2n) is 4.88. The van der Waals surface area contributed by atoms with E-state index in [9.17, 15) is 9.59 Å². The summed E-state index contributed by atoms with van der Waals surface area (Å²) in [6.45, 7) is 5.75. The molecule has 1 aromatic heterocycles. The van der Waals surface area contributed by atoms with Crippen LogP contribution in [0, 0.1) is 0 Å². The van der Waals surface area contributed by atoms with E-state index in [4.69, 9.17) is 9.52 Å². The minimum absolute atomic E-state index is 0.0848. The van der Waals surface area contributed by atoms with Crippen molar-refractivity contribution in [2.24, 2.45) is 0 Å². The molecule has 0 spiro atoms. The number of hydrogen-bond donors (Lipinski definition) is 1. The molecule has 6 heteroatoms. The number of amides is 1. The number of aliphatic carboxylic acids is 1. The minimum Gasteiger partial charge on any atom is -0.481 e. The number of halogens is 1. The van der Waals surface area contributed by atoms with Gasteiger partial charge in [0.15, 0.2) is 4.67 Å². The van der Waals surface area contributed by atoms with Crippen LogP contribution in [0.3, 0.4) is 0 Å². The van der Waals surface area contributed by atoms with Gasteiger partial charge in [-0.15, -0.1) is 0 Å². The summed E-state index contributed by atoms with van der Waals surface area (Å²) in [5, 5.41) is 8.73. The lowest BCUT2D eigenvalue weighted by Gasteiger charge is -2.35. The van der Waals surface area contributed by atoms with Crippen molar-refractivity contribution in [2.75, 3.05) is 6.54 Å². The van der Waals surface area contributed by atoms with Crippen molar-refractivity contribution in [1.29, 1.82) is 0 Å². The molecule has 0 bridgehead atoms. The average molecular weight is 318 g/mol. The molecule has 0 fully saturated rings. The summed E-state index contributed by atoms with van der Waals surface area (Å²) in [5.74, 6) is -1.17. The van der Waals surface area contributed by atoms with Gasteiger partial charge in [0.2, 0.25) is 0 Å². The first-order chi connectivity index (χ1) is 8.23. The Morgan fingerprint density at radius 3 is 2.44 bits per heavy atom. The lowest BCUT2D eigenvalue weighted by atomic mass is 10.0. The van der Waals surface area contributed by atoms with Crippen molar-refractivity contribution in [2.45, 2.75) is 32.7 Å². The van der Waals surface area contributed by atoms with Gasteiger partial charge in [0.1, 0.15) is 0 Å². The smallest absolute Gasteiger partial charge is 0.305 e. The van der Waals surface area contributed by atoms with Gasteiger partial charge in [-0.2, -0.15) is 0 Å². The van der Waals surface area contributed by atoms with Crippen molar-refractivity contribution >= 4 is 27.8 Å². The van der Waals surface area contributed by atoms with Crippen LogP contribution in [-0.4, -0.2) is 34.0 Å². The maximum absolute atomic E-state index is 12.3. The number of nitrogens with zero attached hydrogens (tertiary/aromatic N) is 1. The van der Waals surface area contributed by atoms with Gasteiger partial charge in [0.25, 0.3) is 5.91 Å². The predicted molar refractivity (Wildman–Crippen MR) is 69.5 cm³/mol. The first kappa shape index (κ1) is 14.8. The number of carbonyl (C=O) groups excluding carboxylic acids is 1. The summed E-state index contributed by atoms with van der Waals surface area (Å²) >= 11 is 3.15. The van der Waals surface area contributed by atoms with Gasteiger partial charge in [-0.1, -0.05) is 0 Å². The molecule has 0 unspecified atom stereocenters. The normalized spacial score (nSPS) is 11.3. The maximum Gasteiger partial charge on any atom is 0.305 e. The summed E-state index contributed by atoms with van der Waals surface area (Å²) in [6, 6.07) is 1.56. The molecule has 5 nitrogen and oxygen atoms in total. The Morgan fingerprint density at radius 2 is 2.06 bits per heavy atom. The van der Waals surface area contributed by atoms with Crippen LogP contribution < -0.4 is 0 Å². The highest BCUT2D eigenvalue weighted by Gasteiger charge is 2.29. The van der Waals surface area contributed by atoms with E-state index in [1.54, 1.807) is 6.07 Å². The van der Waals surface area contributed by atoms with E-state index in [0.29, 0.717) is 10.2 Å². The van der Waals surface area contributed by atoms with Crippen molar-refractivity contribution < 1.29 is 19.1 Å². The Balaban J connectivity index is 2.94. The average Bonchev–Trinajstić information content (AvgIpc) is 2.61. The third-order valence-corrected chi connectivity index (χ3v) is 3.07. The lowest BCUT2D eigenvalue weighted by molar-refractivity contribution is -0.137. The zero-order valence-electron chi connectivity index (χ0n) is 10.6. The molecule has 18 heavy (non-hydrogen) atoms. The number of hydrogen-bond acceptors (Lipinski definition) is 3. The Bertz CT molecular complexity index is 447. The van der Waals surface area contributed by atoms with Gasteiger partial charge in [-0.3, -0.25) is 9.59 Å². The topological polar surface area (TPSA) is 70.8 Å². The maximum atomic E-state index is 12.3. The molecular weight excluding hydrogens is 302 g/mol. The highest BCUT2D eigenvalue weighted by molar-refractivity contribution is 9.10. The van der Waals surface area contributed by atoms with Crippen LogP contribution in [0.5, 0.6) is 0 Å². The Kier molecular flexibility index (Phi) is 4.56. The molecule has 100 valence electrons. The molecule has 0 aliphatic heterocycles. The van der Waals surface area contributed by atoms with Crippen LogP contribution in [0.4, 0.5) is 0 Å². The second-order valence-corrected chi connectivity index (χ2v) is 5.60. The number of carboxylic acids is 1. The van der Waals surface area contributed by atoms with Gasteiger partial charge in [-0.25, -0.2) is 0 Å². The van der Waals surface area contributed by atoms with E-state index >= 15 is 0 Å². The first-order valence-corrected chi connectivity index (χ1v) is 6.29. The molecule has 0 aromatic carbocycles. The zero-order chi connectivity index (χ0) is 13.9.